The highest BCUT2D eigenvalue weighted by atomic mass is 32.2. The topological polar surface area (TPSA) is 84.5 Å². The van der Waals surface area contributed by atoms with Crippen LogP contribution in [0, 0.1) is 5.82 Å². The highest BCUT2D eigenvalue weighted by Gasteiger charge is 2.31. The predicted molar refractivity (Wildman–Crippen MR) is 92.1 cm³/mol. The molecule has 1 amide bonds. The second kappa shape index (κ2) is 7.70. The molecule has 0 radical (unpaired) electrons. The minimum absolute atomic E-state index is 0.130. The number of carbonyl (C=O) groups excluding carboxylic acids is 1. The lowest BCUT2D eigenvalue weighted by Gasteiger charge is -2.33. The predicted octanol–water partition coefficient (Wildman–Crippen LogP) is 2.94. The minimum atomic E-state index is -3.87. The van der Waals surface area contributed by atoms with Gasteiger partial charge in [-0.3, -0.25) is 0 Å². The zero-order valence-electron chi connectivity index (χ0n) is 14.7. The number of halogens is 1. The number of benzene rings is 1. The van der Waals surface area contributed by atoms with Gasteiger partial charge in [0.05, 0.1) is 4.90 Å². The molecule has 8 heteroatoms. The van der Waals surface area contributed by atoms with Gasteiger partial charge in [-0.15, -0.1) is 0 Å². The Morgan fingerprint density at radius 1 is 1.20 bits per heavy atom. The Morgan fingerprint density at radius 3 is 2.44 bits per heavy atom. The lowest BCUT2D eigenvalue weighted by Crippen LogP contribution is -2.53. The van der Waals surface area contributed by atoms with Crippen LogP contribution in [0.3, 0.4) is 0 Å². The molecule has 1 aromatic rings. The number of amides is 1. The Labute approximate surface area is 148 Å². The lowest BCUT2D eigenvalue weighted by molar-refractivity contribution is 0.0483. The van der Waals surface area contributed by atoms with Crippen molar-refractivity contribution in [2.45, 2.75) is 69.0 Å². The molecule has 140 valence electrons. The molecule has 0 saturated heterocycles. The third-order valence-corrected chi connectivity index (χ3v) is 5.37. The SMILES string of the molecule is CC(C)(C)OC(=O)N[C@@H]1CCCC[C@H]1NS(=O)(=O)c1cccc(F)c1. The summed E-state index contributed by atoms with van der Waals surface area (Å²) in [6.45, 7) is 5.28. The molecule has 25 heavy (non-hydrogen) atoms. The van der Waals surface area contributed by atoms with Crippen molar-refractivity contribution in [3.8, 4) is 0 Å². The van der Waals surface area contributed by atoms with E-state index < -0.39 is 33.6 Å². The number of alkyl carbamates (subject to hydrolysis) is 1. The van der Waals surface area contributed by atoms with Crippen LogP contribution in [0.5, 0.6) is 0 Å². The van der Waals surface area contributed by atoms with Crippen LogP contribution in [-0.2, 0) is 14.8 Å². The molecule has 1 aliphatic rings. The highest BCUT2D eigenvalue weighted by Crippen LogP contribution is 2.22. The summed E-state index contributed by atoms with van der Waals surface area (Å²) in [5, 5.41) is 2.75. The third kappa shape index (κ3) is 5.97. The van der Waals surface area contributed by atoms with Crippen LogP contribution in [0.2, 0.25) is 0 Å². The van der Waals surface area contributed by atoms with E-state index in [1.165, 1.54) is 18.2 Å². The molecule has 0 aliphatic heterocycles. The summed E-state index contributed by atoms with van der Waals surface area (Å²) in [7, 11) is -3.87. The maximum absolute atomic E-state index is 13.3. The Morgan fingerprint density at radius 2 is 1.84 bits per heavy atom. The molecule has 1 aliphatic carbocycles. The fourth-order valence-electron chi connectivity index (χ4n) is 2.81. The van der Waals surface area contributed by atoms with Gasteiger partial charge in [0.2, 0.25) is 10.0 Å². The number of hydrogen-bond acceptors (Lipinski definition) is 4. The van der Waals surface area contributed by atoms with E-state index in [0.29, 0.717) is 12.8 Å². The quantitative estimate of drug-likeness (QED) is 0.851. The van der Waals surface area contributed by atoms with Gasteiger partial charge in [-0.2, -0.15) is 0 Å². The van der Waals surface area contributed by atoms with Crippen molar-refractivity contribution in [3.63, 3.8) is 0 Å². The van der Waals surface area contributed by atoms with Crippen molar-refractivity contribution in [3.05, 3.63) is 30.1 Å². The summed E-state index contributed by atoms with van der Waals surface area (Å²) >= 11 is 0. The van der Waals surface area contributed by atoms with Crippen LogP contribution in [0.25, 0.3) is 0 Å². The van der Waals surface area contributed by atoms with Gasteiger partial charge in [0.15, 0.2) is 0 Å². The lowest BCUT2D eigenvalue weighted by atomic mass is 9.91. The summed E-state index contributed by atoms with van der Waals surface area (Å²) in [4.78, 5) is 11.9. The van der Waals surface area contributed by atoms with E-state index in [-0.39, 0.29) is 10.9 Å². The van der Waals surface area contributed by atoms with Crippen molar-refractivity contribution in [1.29, 1.82) is 0 Å². The monoisotopic (exact) mass is 372 g/mol. The second-order valence-electron chi connectivity index (χ2n) is 7.22. The number of sulfonamides is 1. The number of rotatable bonds is 4. The number of nitrogens with one attached hydrogen (secondary N) is 2. The Balaban J connectivity index is 2.09. The summed E-state index contributed by atoms with van der Waals surface area (Å²) in [5.41, 5.74) is -0.630. The summed E-state index contributed by atoms with van der Waals surface area (Å²) in [6, 6.07) is 4.01. The third-order valence-electron chi connectivity index (χ3n) is 3.88. The molecular formula is C17H25FN2O4S. The molecular weight excluding hydrogens is 347 g/mol. The van der Waals surface area contributed by atoms with E-state index in [2.05, 4.69) is 10.0 Å². The fourth-order valence-corrected chi connectivity index (χ4v) is 4.15. The summed E-state index contributed by atoms with van der Waals surface area (Å²) < 4.78 is 46.1. The first-order chi connectivity index (χ1) is 11.6. The molecule has 1 saturated carbocycles. The molecule has 0 spiro atoms. The molecule has 0 unspecified atom stereocenters. The van der Waals surface area contributed by atoms with Gasteiger partial charge in [-0.1, -0.05) is 18.9 Å². The number of ether oxygens (including phenoxy) is 1. The zero-order valence-corrected chi connectivity index (χ0v) is 15.5. The van der Waals surface area contributed by atoms with Crippen molar-refractivity contribution in [2.75, 3.05) is 0 Å². The van der Waals surface area contributed by atoms with E-state index in [1.54, 1.807) is 20.8 Å². The molecule has 1 fully saturated rings. The number of carbonyl (C=O) groups is 1. The smallest absolute Gasteiger partial charge is 0.407 e. The van der Waals surface area contributed by atoms with Gasteiger partial charge in [0.1, 0.15) is 11.4 Å². The summed E-state index contributed by atoms with van der Waals surface area (Å²) in [6.07, 6.45) is 2.40. The van der Waals surface area contributed by atoms with E-state index in [4.69, 9.17) is 4.74 Å². The van der Waals surface area contributed by atoms with Crippen molar-refractivity contribution in [2.24, 2.45) is 0 Å². The van der Waals surface area contributed by atoms with Crippen LogP contribution < -0.4 is 10.0 Å². The Kier molecular flexibility index (Phi) is 6.05. The maximum atomic E-state index is 13.3. The van der Waals surface area contributed by atoms with Gasteiger partial charge in [-0.05, 0) is 51.8 Å². The fraction of sp³-hybridized carbons (Fsp3) is 0.588. The van der Waals surface area contributed by atoms with E-state index in [1.807, 2.05) is 0 Å². The number of hydrogen-bond donors (Lipinski definition) is 2. The Hall–Kier alpha value is -1.67. The highest BCUT2D eigenvalue weighted by molar-refractivity contribution is 7.89. The van der Waals surface area contributed by atoms with Crippen LogP contribution in [0.15, 0.2) is 29.2 Å². The Bertz CT molecular complexity index is 716. The summed E-state index contributed by atoms with van der Waals surface area (Å²) in [5.74, 6) is -0.616. The molecule has 2 atom stereocenters. The first-order valence-corrected chi connectivity index (χ1v) is 9.82. The van der Waals surface area contributed by atoms with E-state index in [0.717, 1.165) is 18.9 Å². The van der Waals surface area contributed by atoms with Gasteiger partial charge in [0.25, 0.3) is 0 Å². The molecule has 1 aromatic carbocycles. The van der Waals surface area contributed by atoms with Gasteiger partial charge in [0, 0.05) is 12.1 Å². The first-order valence-electron chi connectivity index (χ1n) is 8.34. The van der Waals surface area contributed by atoms with Crippen molar-refractivity contribution in [1.82, 2.24) is 10.0 Å². The van der Waals surface area contributed by atoms with Gasteiger partial charge >= 0.3 is 6.09 Å². The van der Waals surface area contributed by atoms with Gasteiger partial charge < -0.3 is 10.1 Å². The largest absolute Gasteiger partial charge is 0.444 e. The average Bonchev–Trinajstić information content (AvgIpc) is 2.47. The van der Waals surface area contributed by atoms with Crippen molar-refractivity contribution >= 4 is 16.1 Å². The molecule has 2 rings (SSSR count). The van der Waals surface area contributed by atoms with Crippen LogP contribution >= 0.6 is 0 Å². The van der Waals surface area contributed by atoms with Crippen LogP contribution in [0.1, 0.15) is 46.5 Å². The standard InChI is InChI=1S/C17H25FN2O4S/c1-17(2,3)24-16(21)19-14-9-4-5-10-15(14)20-25(22,23)13-8-6-7-12(18)11-13/h6-8,11,14-15,20H,4-5,9-10H2,1-3H3,(H,19,21)/t14-,15-/m1/s1. The molecule has 0 aromatic heterocycles. The second-order valence-corrected chi connectivity index (χ2v) is 8.94. The normalized spacial score (nSPS) is 21.6. The van der Waals surface area contributed by atoms with E-state index in [9.17, 15) is 17.6 Å². The molecule has 0 heterocycles. The molecule has 0 bridgehead atoms. The average molecular weight is 372 g/mol. The molecule has 2 N–H and O–H groups in total. The van der Waals surface area contributed by atoms with Gasteiger partial charge in [-0.25, -0.2) is 22.3 Å². The van der Waals surface area contributed by atoms with Crippen molar-refractivity contribution < 1.29 is 22.3 Å². The van der Waals surface area contributed by atoms with Crippen LogP contribution in [-0.4, -0.2) is 32.2 Å². The minimum Gasteiger partial charge on any atom is -0.444 e. The maximum Gasteiger partial charge on any atom is 0.407 e. The first kappa shape index (κ1) is 19.7. The zero-order chi connectivity index (χ0) is 18.7. The van der Waals surface area contributed by atoms with Crippen LogP contribution in [0.4, 0.5) is 9.18 Å². The van der Waals surface area contributed by atoms with E-state index >= 15 is 0 Å². The molecule has 6 nitrogen and oxygen atoms in total.